The smallest absolute Gasteiger partial charge is 0.262 e. The van der Waals surface area contributed by atoms with Gasteiger partial charge in [-0.3, -0.25) is 4.79 Å². The summed E-state index contributed by atoms with van der Waals surface area (Å²) in [6.07, 6.45) is 1.33. The maximum atomic E-state index is 13.9. The number of hydrogen-bond acceptors (Lipinski definition) is 4. The molecule has 0 spiro atoms. The molecule has 0 radical (unpaired) electrons. The lowest BCUT2D eigenvalue weighted by Crippen LogP contribution is -2.18. The highest BCUT2D eigenvalue weighted by molar-refractivity contribution is 9.11. The van der Waals surface area contributed by atoms with Gasteiger partial charge in [0, 0.05) is 25.5 Å². The van der Waals surface area contributed by atoms with Crippen molar-refractivity contribution in [2.75, 3.05) is 5.32 Å². The first-order valence-electron chi connectivity index (χ1n) is 9.10. The monoisotopic (exact) mass is 599 g/mol. The van der Waals surface area contributed by atoms with Gasteiger partial charge >= 0.3 is 0 Å². The van der Waals surface area contributed by atoms with Gasteiger partial charge in [-0.1, -0.05) is 49.7 Å². The largest absolute Gasteiger partial charge is 0.320 e. The van der Waals surface area contributed by atoms with Crippen molar-refractivity contribution in [3.63, 3.8) is 0 Å². The number of benzene rings is 3. The third-order valence-electron chi connectivity index (χ3n) is 4.65. The highest BCUT2D eigenvalue weighted by Crippen LogP contribution is 2.40. The van der Waals surface area contributed by atoms with E-state index in [2.05, 4.69) is 37.2 Å². The number of amides is 1. The normalized spacial score (nSPS) is 14.9. The quantitative estimate of drug-likeness (QED) is 0.345. The van der Waals surface area contributed by atoms with Crippen LogP contribution in [0, 0.1) is 11.6 Å². The van der Waals surface area contributed by atoms with Gasteiger partial charge < -0.3 is 5.32 Å². The van der Waals surface area contributed by atoms with Crippen LogP contribution >= 0.6 is 43.6 Å². The van der Waals surface area contributed by atoms with Crippen LogP contribution in [0.25, 0.3) is 6.08 Å². The van der Waals surface area contributed by atoms with Gasteiger partial charge in [0.25, 0.3) is 5.91 Å². The second-order valence-electron chi connectivity index (χ2n) is 6.85. The third-order valence-corrected chi connectivity index (χ3v) is 8.87. The number of hydrogen-bond donors (Lipinski definition) is 1. The first kappa shape index (κ1) is 23.2. The molecule has 0 saturated heterocycles. The maximum absolute atomic E-state index is 13.9. The zero-order chi connectivity index (χ0) is 23.0. The van der Waals surface area contributed by atoms with Gasteiger partial charge in [-0.05, 0) is 54.1 Å². The van der Waals surface area contributed by atoms with Crippen molar-refractivity contribution in [1.82, 2.24) is 0 Å². The van der Waals surface area contributed by atoms with E-state index in [4.69, 9.17) is 0 Å². The number of fused-ring (bicyclic) bond motifs is 1. The van der Waals surface area contributed by atoms with Crippen LogP contribution < -0.4 is 5.32 Å². The highest BCUT2D eigenvalue weighted by atomic mass is 79.9. The van der Waals surface area contributed by atoms with Gasteiger partial charge in [0.1, 0.15) is 11.6 Å². The van der Waals surface area contributed by atoms with Crippen LogP contribution in [0.2, 0.25) is 0 Å². The minimum atomic E-state index is -3.70. The zero-order valence-corrected chi connectivity index (χ0v) is 20.8. The Morgan fingerprint density at radius 2 is 1.72 bits per heavy atom. The minimum Gasteiger partial charge on any atom is -0.320 e. The molecule has 0 aromatic heterocycles. The number of sulfone groups is 1. The van der Waals surface area contributed by atoms with Gasteiger partial charge in [-0.25, -0.2) is 17.2 Å². The molecule has 10 heteroatoms. The van der Waals surface area contributed by atoms with E-state index in [0.29, 0.717) is 25.1 Å². The molecular formula is C22H13Br2F2NO3S2. The molecule has 3 aromatic rings. The molecule has 0 atom stereocenters. The number of anilines is 1. The highest BCUT2D eigenvalue weighted by Gasteiger charge is 2.25. The summed E-state index contributed by atoms with van der Waals surface area (Å²) in [5.74, 6) is -2.23. The van der Waals surface area contributed by atoms with E-state index in [1.54, 1.807) is 24.3 Å². The van der Waals surface area contributed by atoms with Gasteiger partial charge in [0.15, 0.2) is 9.84 Å². The van der Waals surface area contributed by atoms with E-state index in [-0.39, 0.29) is 21.1 Å². The molecule has 4 nitrogen and oxygen atoms in total. The average molecular weight is 601 g/mol. The Morgan fingerprint density at radius 1 is 1.00 bits per heavy atom. The molecule has 0 bridgehead atoms. The second-order valence-corrected chi connectivity index (χ2v) is 11.6. The van der Waals surface area contributed by atoms with Crippen LogP contribution in [0.1, 0.15) is 11.1 Å². The van der Waals surface area contributed by atoms with Crippen LogP contribution in [0.15, 0.2) is 78.2 Å². The Balaban J connectivity index is 1.63. The van der Waals surface area contributed by atoms with Gasteiger partial charge in [0.2, 0.25) is 0 Å². The minimum absolute atomic E-state index is 0.0665. The van der Waals surface area contributed by atoms with Gasteiger partial charge in [-0.2, -0.15) is 0 Å². The second kappa shape index (κ2) is 9.09. The summed E-state index contributed by atoms with van der Waals surface area (Å²) in [6, 6.07) is 12.9. The summed E-state index contributed by atoms with van der Waals surface area (Å²) in [4.78, 5) is 13.4. The number of carbonyl (C=O) groups excluding carboxylic acids is 1. The lowest BCUT2D eigenvalue weighted by Gasteiger charge is -2.20. The molecule has 0 fully saturated rings. The fourth-order valence-electron chi connectivity index (χ4n) is 3.04. The SMILES string of the molecule is O=C1Nc2cc(S(=O)(=O)Cc3c(Br)cccc3Br)ccc2SC1=Cc1ccc(F)cc1F. The van der Waals surface area contributed by atoms with E-state index in [9.17, 15) is 22.0 Å². The number of nitrogens with one attached hydrogen (secondary N) is 1. The van der Waals surface area contributed by atoms with E-state index in [1.807, 2.05) is 0 Å². The molecule has 0 saturated carbocycles. The molecule has 1 amide bonds. The summed E-state index contributed by atoms with van der Waals surface area (Å²) in [7, 11) is -3.70. The zero-order valence-electron chi connectivity index (χ0n) is 16.0. The van der Waals surface area contributed by atoms with Crippen LogP contribution in [0.4, 0.5) is 14.5 Å². The predicted molar refractivity (Wildman–Crippen MR) is 128 cm³/mol. The summed E-state index contributed by atoms with van der Waals surface area (Å²) in [5, 5.41) is 2.65. The Morgan fingerprint density at radius 3 is 2.41 bits per heavy atom. The van der Waals surface area contributed by atoms with Crippen molar-refractivity contribution in [2.45, 2.75) is 15.5 Å². The maximum Gasteiger partial charge on any atom is 0.262 e. The standard InChI is InChI=1S/C22H13Br2F2NO3S2/c23-16-2-1-3-17(24)15(16)11-32(29,30)14-6-7-20-19(10-14)27-22(28)21(31-20)8-12-4-5-13(25)9-18(12)26/h1-10H,11H2,(H,27,28). The summed E-state index contributed by atoms with van der Waals surface area (Å²) >= 11 is 7.83. The topological polar surface area (TPSA) is 63.2 Å². The Hall–Kier alpha value is -2.01. The summed E-state index contributed by atoms with van der Waals surface area (Å²) in [6.45, 7) is 0. The van der Waals surface area contributed by atoms with Crippen LogP contribution in [-0.2, 0) is 20.4 Å². The van der Waals surface area contributed by atoms with Crippen molar-refractivity contribution in [2.24, 2.45) is 0 Å². The molecule has 32 heavy (non-hydrogen) atoms. The number of halogens is 4. The van der Waals surface area contributed by atoms with Crippen LogP contribution in [-0.4, -0.2) is 14.3 Å². The number of thioether (sulfide) groups is 1. The average Bonchev–Trinajstić information content (AvgIpc) is 2.73. The molecular weight excluding hydrogens is 588 g/mol. The number of carbonyl (C=O) groups is 1. The lowest BCUT2D eigenvalue weighted by molar-refractivity contribution is -0.112. The molecule has 3 aromatic carbocycles. The van der Waals surface area contributed by atoms with E-state index in [1.165, 1.54) is 24.3 Å². The van der Waals surface area contributed by atoms with Crippen molar-refractivity contribution < 1.29 is 22.0 Å². The summed E-state index contributed by atoms with van der Waals surface area (Å²) in [5.41, 5.74) is 1.02. The van der Waals surface area contributed by atoms with Gasteiger partial charge in [0.05, 0.1) is 21.2 Å². The molecule has 4 rings (SSSR count). The molecule has 1 heterocycles. The molecule has 1 N–H and O–H groups in total. The van der Waals surface area contributed by atoms with E-state index in [0.717, 1.165) is 23.9 Å². The third kappa shape index (κ3) is 4.83. The van der Waals surface area contributed by atoms with Crippen molar-refractivity contribution in [3.05, 3.63) is 91.2 Å². The summed E-state index contributed by atoms with van der Waals surface area (Å²) < 4.78 is 54.4. The lowest BCUT2D eigenvalue weighted by atomic mass is 10.2. The van der Waals surface area contributed by atoms with E-state index >= 15 is 0 Å². The predicted octanol–water partition coefficient (Wildman–Crippen LogP) is 6.55. The van der Waals surface area contributed by atoms with Crippen molar-refractivity contribution in [1.29, 1.82) is 0 Å². The first-order chi connectivity index (χ1) is 15.1. The Labute approximate surface area is 204 Å². The van der Waals surface area contributed by atoms with Crippen LogP contribution in [0.3, 0.4) is 0 Å². The first-order valence-corrected chi connectivity index (χ1v) is 13.2. The van der Waals surface area contributed by atoms with Crippen molar-refractivity contribution in [3.8, 4) is 0 Å². The van der Waals surface area contributed by atoms with E-state index < -0.39 is 27.4 Å². The van der Waals surface area contributed by atoms with Gasteiger partial charge in [-0.15, -0.1) is 0 Å². The number of rotatable bonds is 4. The fourth-order valence-corrected chi connectivity index (χ4v) is 7.04. The molecule has 0 unspecified atom stereocenters. The Bertz CT molecular complexity index is 1370. The van der Waals surface area contributed by atoms with Crippen molar-refractivity contribution >= 4 is 71.1 Å². The Kier molecular flexibility index (Phi) is 6.58. The molecule has 0 aliphatic carbocycles. The molecule has 164 valence electrons. The van der Waals surface area contributed by atoms with Crippen LogP contribution in [0.5, 0.6) is 0 Å². The molecule has 1 aliphatic heterocycles. The fraction of sp³-hybridized carbons (Fsp3) is 0.0455. The molecule has 1 aliphatic rings.